The van der Waals surface area contributed by atoms with Crippen LogP contribution in [0.4, 0.5) is 0 Å². The molecule has 1 rings (SSSR count). The van der Waals surface area contributed by atoms with Gasteiger partial charge in [0, 0.05) is 5.02 Å². The van der Waals surface area contributed by atoms with Crippen LogP contribution >= 0.6 is 11.6 Å². The third-order valence-corrected chi connectivity index (χ3v) is 3.42. The fourth-order valence-corrected chi connectivity index (χ4v) is 2.26. The lowest BCUT2D eigenvalue weighted by Gasteiger charge is -2.17. The standard InChI is InChI=1S/C15H24ClNO/c1-4-8-17-11-12(5-2)9-13-10-14(16)6-7-15(13)18-3/h6-7,10,12,17H,4-5,8-9,11H2,1-3H3. The molecule has 0 saturated carbocycles. The number of methoxy groups -OCH3 is 1. The first-order valence-corrected chi connectivity index (χ1v) is 7.12. The summed E-state index contributed by atoms with van der Waals surface area (Å²) in [6.45, 7) is 6.56. The summed E-state index contributed by atoms with van der Waals surface area (Å²) in [6, 6.07) is 5.84. The van der Waals surface area contributed by atoms with Crippen LogP contribution in [0.3, 0.4) is 0 Å². The molecular weight excluding hydrogens is 246 g/mol. The van der Waals surface area contributed by atoms with Crippen LogP contribution in [-0.2, 0) is 6.42 Å². The van der Waals surface area contributed by atoms with Crippen molar-refractivity contribution < 1.29 is 4.74 Å². The normalized spacial score (nSPS) is 12.4. The van der Waals surface area contributed by atoms with Gasteiger partial charge in [-0.15, -0.1) is 0 Å². The van der Waals surface area contributed by atoms with Crippen molar-refractivity contribution in [3.8, 4) is 5.75 Å². The van der Waals surface area contributed by atoms with Crippen molar-refractivity contribution in [1.29, 1.82) is 0 Å². The Morgan fingerprint density at radius 1 is 1.33 bits per heavy atom. The van der Waals surface area contributed by atoms with Gasteiger partial charge in [0.25, 0.3) is 0 Å². The van der Waals surface area contributed by atoms with Gasteiger partial charge in [-0.2, -0.15) is 0 Å². The van der Waals surface area contributed by atoms with E-state index >= 15 is 0 Å². The largest absolute Gasteiger partial charge is 0.496 e. The number of hydrogen-bond acceptors (Lipinski definition) is 2. The minimum Gasteiger partial charge on any atom is -0.496 e. The van der Waals surface area contributed by atoms with E-state index < -0.39 is 0 Å². The summed E-state index contributed by atoms with van der Waals surface area (Å²) >= 11 is 6.06. The molecule has 0 aromatic heterocycles. The highest BCUT2D eigenvalue weighted by molar-refractivity contribution is 6.30. The van der Waals surface area contributed by atoms with E-state index in [0.29, 0.717) is 5.92 Å². The molecule has 0 aliphatic rings. The highest BCUT2D eigenvalue weighted by Gasteiger charge is 2.11. The van der Waals surface area contributed by atoms with Gasteiger partial charge < -0.3 is 10.1 Å². The summed E-state index contributed by atoms with van der Waals surface area (Å²) in [5.74, 6) is 1.57. The van der Waals surface area contributed by atoms with Gasteiger partial charge in [-0.3, -0.25) is 0 Å². The van der Waals surface area contributed by atoms with Crippen molar-refractivity contribution in [2.24, 2.45) is 5.92 Å². The Labute approximate surface area is 116 Å². The Morgan fingerprint density at radius 3 is 2.72 bits per heavy atom. The average Bonchev–Trinajstić information content (AvgIpc) is 2.38. The zero-order valence-corrected chi connectivity index (χ0v) is 12.4. The minimum absolute atomic E-state index is 0.629. The van der Waals surface area contributed by atoms with Crippen molar-refractivity contribution in [3.05, 3.63) is 28.8 Å². The second kappa shape index (κ2) is 8.39. The van der Waals surface area contributed by atoms with Crippen LogP contribution in [0.2, 0.25) is 5.02 Å². The Kier molecular flexibility index (Phi) is 7.14. The zero-order valence-electron chi connectivity index (χ0n) is 11.6. The van der Waals surface area contributed by atoms with Crippen molar-refractivity contribution in [3.63, 3.8) is 0 Å². The summed E-state index contributed by atoms with van der Waals surface area (Å²) in [4.78, 5) is 0. The average molecular weight is 270 g/mol. The maximum Gasteiger partial charge on any atom is 0.122 e. The maximum atomic E-state index is 6.06. The van der Waals surface area contributed by atoms with Crippen LogP contribution in [0.5, 0.6) is 5.75 Å². The first-order chi connectivity index (χ1) is 8.71. The van der Waals surface area contributed by atoms with Gasteiger partial charge in [0.1, 0.15) is 5.75 Å². The minimum atomic E-state index is 0.629. The first kappa shape index (κ1) is 15.3. The third kappa shape index (κ3) is 4.87. The van der Waals surface area contributed by atoms with E-state index in [-0.39, 0.29) is 0 Å². The van der Waals surface area contributed by atoms with Gasteiger partial charge in [-0.1, -0.05) is 31.9 Å². The number of rotatable bonds is 8. The molecule has 0 radical (unpaired) electrons. The molecule has 0 aliphatic carbocycles. The van der Waals surface area contributed by atoms with Crippen molar-refractivity contribution >= 4 is 11.6 Å². The molecular formula is C15H24ClNO. The van der Waals surface area contributed by atoms with Crippen LogP contribution in [0, 0.1) is 5.92 Å². The van der Waals surface area contributed by atoms with Crippen LogP contribution in [0.15, 0.2) is 18.2 Å². The summed E-state index contributed by atoms with van der Waals surface area (Å²) in [5.41, 5.74) is 1.20. The Balaban J connectivity index is 2.65. The van der Waals surface area contributed by atoms with Gasteiger partial charge in [-0.25, -0.2) is 0 Å². The van der Waals surface area contributed by atoms with E-state index in [0.717, 1.165) is 36.7 Å². The lowest BCUT2D eigenvalue weighted by atomic mass is 9.96. The van der Waals surface area contributed by atoms with E-state index in [1.54, 1.807) is 7.11 Å². The summed E-state index contributed by atoms with van der Waals surface area (Å²) in [6.07, 6.45) is 3.35. The molecule has 0 aliphatic heterocycles. The number of ether oxygens (including phenoxy) is 1. The second-order valence-electron chi connectivity index (χ2n) is 4.64. The topological polar surface area (TPSA) is 21.3 Å². The van der Waals surface area contributed by atoms with Gasteiger partial charge in [0.2, 0.25) is 0 Å². The van der Waals surface area contributed by atoms with Gasteiger partial charge >= 0.3 is 0 Å². The quantitative estimate of drug-likeness (QED) is 0.723. The molecule has 0 spiro atoms. The third-order valence-electron chi connectivity index (χ3n) is 3.19. The molecule has 1 atom stereocenters. The Morgan fingerprint density at radius 2 is 2.11 bits per heavy atom. The molecule has 0 heterocycles. The molecule has 102 valence electrons. The predicted molar refractivity (Wildman–Crippen MR) is 78.6 cm³/mol. The van der Waals surface area contributed by atoms with Gasteiger partial charge in [0.15, 0.2) is 0 Å². The lowest BCUT2D eigenvalue weighted by Crippen LogP contribution is -2.24. The first-order valence-electron chi connectivity index (χ1n) is 6.74. The van der Waals surface area contributed by atoms with E-state index in [1.165, 1.54) is 12.0 Å². The second-order valence-corrected chi connectivity index (χ2v) is 5.08. The maximum absolute atomic E-state index is 6.06. The lowest BCUT2D eigenvalue weighted by molar-refractivity contribution is 0.399. The highest BCUT2D eigenvalue weighted by atomic mass is 35.5. The molecule has 1 unspecified atom stereocenters. The van der Waals surface area contributed by atoms with E-state index in [9.17, 15) is 0 Å². The molecule has 1 aromatic carbocycles. The summed E-state index contributed by atoms with van der Waals surface area (Å²) < 4.78 is 5.39. The number of benzene rings is 1. The zero-order chi connectivity index (χ0) is 13.4. The molecule has 3 heteroatoms. The molecule has 2 nitrogen and oxygen atoms in total. The van der Waals surface area contributed by atoms with Crippen LogP contribution < -0.4 is 10.1 Å². The molecule has 0 bridgehead atoms. The van der Waals surface area contributed by atoms with Crippen LogP contribution in [-0.4, -0.2) is 20.2 Å². The number of halogens is 1. The fourth-order valence-electron chi connectivity index (χ4n) is 2.06. The molecule has 0 amide bonds. The van der Waals surface area contributed by atoms with E-state index in [2.05, 4.69) is 19.2 Å². The van der Waals surface area contributed by atoms with Crippen LogP contribution in [0.25, 0.3) is 0 Å². The van der Waals surface area contributed by atoms with Crippen molar-refractivity contribution in [2.45, 2.75) is 33.1 Å². The predicted octanol–water partition coefficient (Wildman–Crippen LogP) is 3.92. The molecule has 1 N–H and O–H groups in total. The Bertz CT molecular complexity index is 354. The Hall–Kier alpha value is -0.730. The number of nitrogens with one attached hydrogen (secondary N) is 1. The van der Waals surface area contributed by atoms with Crippen molar-refractivity contribution in [2.75, 3.05) is 20.2 Å². The molecule has 18 heavy (non-hydrogen) atoms. The van der Waals surface area contributed by atoms with E-state index in [4.69, 9.17) is 16.3 Å². The SMILES string of the molecule is CCCNCC(CC)Cc1cc(Cl)ccc1OC. The summed E-state index contributed by atoms with van der Waals surface area (Å²) in [7, 11) is 1.71. The van der Waals surface area contributed by atoms with Crippen molar-refractivity contribution in [1.82, 2.24) is 5.32 Å². The molecule has 0 fully saturated rings. The smallest absolute Gasteiger partial charge is 0.122 e. The highest BCUT2D eigenvalue weighted by Crippen LogP contribution is 2.25. The van der Waals surface area contributed by atoms with Gasteiger partial charge in [0.05, 0.1) is 7.11 Å². The molecule has 1 aromatic rings. The summed E-state index contributed by atoms with van der Waals surface area (Å²) in [5, 5.41) is 4.26. The van der Waals surface area contributed by atoms with E-state index in [1.807, 2.05) is 18.2 Å². The monoisotopic (exact) mass is 269 g/mol. The number of hydrogen-bond donors (Lipinski definition) is 1. The fraction of sp³-hybridized carbons (Fsp3) is 0.600. The van der Waals surface area contributed by atoms with Gasteiger partial charge in [-0.05, 0) is 55.6 Å². The molecule has 0 saturated heterocycles. The van der Waals surface area contributed by atoms with Crippen LogP contribution in [0.1, 0.15) is 32.3 Å².